The second-order valence-corrected chi connectivity index (χ2v) is 7.73. The number of hydrogen-bond acceptors (Lipinski definition) is 4. The van der Waals surface area contributed by atoms with E-state index in [0.717, 1.165) is 12.0 Å². The van der Waals surface area contributed by atoms with Gasteiger partial charge in [-0.25, -0.2) is 0 Å². The first-order valence-electron chi connectivity index (χ1n) is 9.11. The van der Waals surface area contributed by atoms with Crippen LogP contribution >= 0.6 is 23.2 Å². The number of rotatable bonds is 6. The van der Waals surface area contributed by atoms with Crippen molar-refractivity contribution in [2.24, 2.45) is 0 Å². The molecule has 2 N–H and O–H groups in total. The molecule has 1 fully saturated rings. The van der Waals surface area contributed by atoms with E-state index in [1.165, 1.54) is 7.11 Å². The molecule has 7 heteroatoms. The predicted molar refractivity (Wildman–Crippen MR) is 111 cm³/mol. The molecule has 1 aliphatic heterocycles. The van der Waals surface area contributed by atoms with Gasteiger partial charge in [-0.2, -0.15) is 0 Å². The van der Waals surface area contributed by atoms with Crippen molar-refractivity contribution < 1.29 is 14.3 Å². The molecule has 28 heavy (non-hydrogen) atoms. The van der Waals surface area contributed by atoms with Crippen molar-refractivity contribution in [2.75, 3.05) is 12.4 Å². The lowest BCUT2D eigenvalue weighted by atomic mass is 9.89. The highest BCUT2D eigenvalue weighted by atomic mass is 35.5. The Labute approximate surface area is 174 Å². The van der Waals surface area contributed by atoms with Crippen LogP contribution in [0.3, 0.4) is 0 Å². The number of ether oxygens (including phenoxy) is 1. The zero-order valence-electron chi connectivity index (χ0n) is 15.5. The number of carbonyl (C=O) groups excluding carboxylic acids is 2. The van der Waals surface area contributed by atoms with E-state index in [2.05, 4.69) is 10.6 Å². The SMILES string of the molecule is COC(=O)CC[C@H]1CC(c2cccc(Cl)c2)C(C(=O)Nc2cccc(Cl)c2)N1. The van der Waals surface area contributed by atoms with Gasteiger partial charge in [-0.05, 0) is 48.7 Å². The molecule has 0 bridgehead atoms. The Morgan fingerprint density at radius 3 is 2.54 bits per heavy atom. The Kier molecular flexibility index (Phi) is 6.94. The van der Waals surface area contributed by atoms with Gasteiger partial charge in [0.1, 0.15) is 0 Å². The van der Waals surface area contributed by atoms with Gasteiger partial charge < -0.3 is 15.4 Å². The molecule has 5 nitrogen and oxygen atoms in total. The minimum absolute atomic E-state index is 0.0261. The Bertz CT molecular complexity index is 859. The average molecular weight is 421 g/mol. The highest BCUT2D eigenvalue weighted by Crippen LogP contribution is 2.34. The maximum atomic E-state index is 13.0. The van der Waals surface area contributed by atoms with Gasteiger partial charge in [0.05, 0.1) is 13.2 Å². The monoisotopic (exact) mass is 420 g/mol. The number of methoxy groups -OCH3 is 1. The van der Waals surface area contributed by atoms with Gasteiger partial charge in [0.15, 0.2) is 0 Å². The molecule has 1 amide bonds. The summed E-state index contributed by atoms with van der Waals surface area (Å²) >= 11 is 12.2. The van der Waals surface area contributed by atoms with Crippen LogP contribution in [0, 0.1) is 0 Å². The van der Waals surface area contributed by atoms with Crippen molar-refractivity contribution in [3.8, 4) is 0 Å². The van der Waals surface area contributed by atoms with Gasteiger partial charge in [-0.15, -0.1) is 0 Å². The van der Waals surface area contributed by atoms with Gasteiger partial charge in [0.25, 0.3) is 0 Å². The zero-order valence-corrected chi connectivity index (χ0v) is 17.0. The lowest BCUT2D eigenvalue weighted by molar-refractivity contribution is -0.140. The van der Waals surface area contributed by atoms with Crippen LogP contribution in [-0.2, 0) is 14.3 Å². The van der Waals surface area contributed by atoms with Crippen LogP contribution in [0.15, 0.2) is 48.5 Å². The molecule has 0 aliphatic carbocycles. The van der Waals surface area contributed by atoms with Crippen molar-refractivity contribution in [2.45, 2.75) is 37.3 Å². The van der Waals surface area contributed by atoms with E-state index in [4.69, 9.17) is 27.9 Å². The molecule has 0 radical (unpaired) electrons. The quantitative estimate of drug-likeness (QED) is 0.679. The fourth-order valence-electron chi connectivity index (χ4n) is 3.59. The first-order chi connectivity index (χ1) is 13.5. The summed E-state index contributed by atoms with van der Waals surface area (Å²) in [4.78, 5) is 24.5. The van der Waals surface area contributed by atoms with Crippen molar-refractivity contribution in [1.29, 1.82) is 0 Å². The number of hydrogen-bond donors (Lipinski definition) is 2. The second-order valence-electron chi connectivity index (χ2n) is 6.85. The van der Waals surface area contributed by atoms with Crippen LogP contribution < -0.4 is 10.6 Å². The topological polar surface area (TPSA) is 67.4 Å². The molecule has 1 saturated heterocycles. The first-order valence-corrected chi connectivity index (χ1v) is 9.86. The van der Waals surface area contributed by atoms with Crippen LogP contribution in [0.2, 0.25) is 10.0 Å². The minimum Gasteiger partial charge on any atom is -0.469 e. The van der Waals surface area contributed by atoms with Crippen molar-refractivity contribution in [3.63, 3.8) is 0 Å². The molecule has 0 saturated carbocycles. The molecule has 1 heterocycles. The third kappa shape index (κ3) is 5.25. The third-order valence-corrected chi connectivity index (χ3v) is 5.40. The smallest absolute Gasteiger partial charge is 0.305 e. The van der Waals surface area contributed by atoms with Crippen LogP contribution in [0.1, 0.15) is 30.7 Å². The van der Waals surface area contributed by atoms with Gasteiger partial charge in [-0.1, -0.05) is 41.4 Å². The molecule has 2 aromatic carbocycles. The average Bonchev–Trinajstić information content (AvgIpc) is 3.10. The fraction of sp³-hybridized carbons (Fsp3) is 0.333. The molecule has 3 rings (SSSR count). The molecule has 148 valence electrons. The van der Waals surface area contributed by atoms with E-state index < -0.39 is 6.04 Å². The summed E-state index contributed by atoms with van der Waals surface area (Å²) < 4.78 is 4.73. The zero-order chi connectivity index (χ0) is 20.1. The summed E-state index contributed by atoms with van der Waals surface area (Å²) in [5, 5.41) is 7.49. The number of esters is 1. The third-order valence-electron chi connectivity index (χ3n) is 4.93. The summed E-state index contributed by atoms with van der Waals surface area (Å²) in [5.74, 6) is -0.457. The standard InChI is InChI=1S/C21H22Cl2N2O3/c1-28-19(26)9-8-17-12-18(13-4-2-5-14(22)10-13)20(24-17)21(27)25-16-7-3-6-15(23)11-16/h2-7,10-11,17-18,20,24H,8-9,12H2,1H3,(H,25,27)/t17-,18?,20?/m0/s1. The van der Waals surface area contributed by atoms with E-state index in [-0.39, 0.29) is 23.8 Å². The van der Waals surface area contributed by atoms with Gasteiger partial charge in [0, 0.05) is 34.1 Å². The van der Waals surface area contributed by atoms with Crippen molar-refractivity contribution in [3.05, 3.63) is 64.1 Å². The Hall–Kier alpha value is -2.08. The van der Waals surface area contributed by atoms with Crippen LogP contribution in [0.4, 0.5) is 5.69 Å². The first kappa shape index (κ1) is 20.6. The number of amides is 1. The molecule has 2 aromatic rings. The summed E-state index contributed by atoms with van der Waals surface area (Å²) in [6.45, 7) is 0. The van der Waals surface area contributed by atoms with E-state index in [1.54, 1.807) is 24.3 Å². The molecular formula is C21H22Cl2N2O3. The van der Waals surface area contributed by atoms with Gasteiger partial charge in [0.2, 0.25) is 5.91 Å². The maximum absolute atomic E-state index is 13.0. The number of carbonyl (C=O) groups is 2. The van der Waals surface area contributed by atoms with E-state index in [1.807, 2.05) is 24.3 Å². The lowest BCUT2D eigenvalue weighted by Crippen LogP contribution is -2.41. The molecule has 0 aromatic heterocycles. The second kappa shape index (κ2) is 9.41. The number of benzene rings is 2. The van der Waals surface area contributed by atoms with Crippen LogP contribution in [-0.4, -0.2) is 31.1 Å². The van der Waals surface area contributed by atoms with Crippen molar-refractivity contribution in [1.82, 2.24) is 5.32 Å². The van der Waals surface area contributed by atoms with E-state index >= 15 is 0 Å². The highest BCUT2D eigenvalue weighted by Gasteiger charge is 2.39. The Balaban J connectivity index is 1.77. The molecule has 2 unspecified atom stereocenters. The van der Waals surface area contributed by atoms with Gasteiger partial charge >= 0.3 is 5.97 Å². The molecule has 0 spiro atoms. The summed E-state index contributed by atoms with van der Waals surface area (Å²) in [7, 11) is 1.38. The Morgan fingerprint density at radius 2 is 1.86 bits per heavy atom. The fourth-order valence-corrected chi connectivity index (χ4v) is 3.98. The van der Waals surface area contributed by atoms with Gasteiger partial charge in [-0.3, -0.25) is 9.59 Å². The summed E-state index contributed by atoms with van der Waals surface area (Å²) in [5.41, 5.74) is 1.63. The molecule has 1 aliphatic rings. The Morgan fingerprint density at radius 1 is 1.14 bits per heavy atom. The predicted octanol–water partition coefficient (Wildman–Crippen LogP) is 4.40. The van der Waals surface area contributed by atoms with Crippen LogP contribution in [0.5, 0.6) is 0 Å². The number of halogens is 2. The lowest BCUT2D eigenvalue weighted by Gasteiger charge is -2.20. The largest absolute Gasteiger partial charge is 0.469 e. The maximum Gasteiger partial charge on any atom is 0.305 e. The van der Waals surface area contributed by atoms with Crippen molar-refractivity contribution >= 4 is 40.8 Å². The number of nitrogens with one attached hydrogen (secondary N) is 2. The van der Waals surface area contributed by atoms with E-state index in [0.29, 0.717) is 28.6 Å². The summed E-state index contributed by atoms with van der Waals surface area (Å²) in [6.07, 6.45) is 1.63. The van der Waals surface area contributed by atoms with E-state index in [9.17, 15) is 9.59 Å². The molecule has 3 atom stereocenters. The normalized spacial score (nSPS) is 21.3. The number of anilines is 1. The molecular weight excluding hydrogens is 399 g/mol. The van der Waals surface area contributed by atoms with Crippen LogP contribution in [0.25, 0.3) is 0 Å². The highest BCUT2D eigenvalue weighted by molar-refractivity contribution is 6.31. The summed E-state index contributed by atoms with van der Waals surface area (Å²) in [6, 6.07) is 14.2. The minimum atomic E-state index is -0.444.